The van der Waals surface area contributed by atoms with Crippen LogP contribution in [0.25, 0.3) is 0 Å². The predicted molar refractivity (Wildman–Crippen MR) is 84.3 cm³/mol. The van der Waals surface area contributed by atoms with Crippen molar-refractivity contribution < 1.29 is 9.90 Å². The van der Waals surface area contributed by atoms with Gasteiger partial charge in [0.25, 0.3) is 0 Å². The lowest BCUT2D eigenvalue weighted by atomic mass is 10.2. The lowest BCUT2D eigenvalue weighted by molar-refractivity contribution is -0.137. The average molecular weight is 304 g/mol. The molecule has 0 bridgehead atoms. The summed E-state index contributed by atoms with van der Waals surface area (Å²) in [6.07, 6.45) is 0.882. The van der Waals surface area contributed by atoms with Gasteiger partial charge in [-0.2, -0.15) is 0 Å². The van der Waals surface area contributed by atoms with E-state index in [2.05, 4.69) is 22.0 Å². The van der Waals surface area contributed by atoms with Gasteiger partial charge in [-0.05, 0) is 25.5 Å². The van der Waals surface area contributed by atoms with Crippen LogP contribution in [0.15, 0.2) is 35.8 Å². The van der Waals surface area contributed by atoms with Crippen LogP contribution in [0.5, 0.6) is 0 Å². The number of hydrogen-bond donors (Lipinski definition) is 1. The molecule has 4 nitrogen and oxygen atoms in total. The summed E-state index contributed by atoms with van der Waals surface area (Å²) in [6, 6.07) is 10.3. The minimum absolute atomic E-state index is 0.215. The molecule has 2 aromatic rings. The van der Waals surface area contributed by atoms with E-state index < -0.39 is 5.97 Å². The number of benzene rings is 1. The van der Waals surface area contributed by atoms with Crippen molar-refractivity contribution >= 4 is 17.3 Å². The molecule has 0 aliphatic rings. The van der Waals surface area contributed by atoms with Gasteiger partial charge < -0.3 is 5.11 Å². The van der Waals surface area contributed by atoms with Crippen LogP contribution < -0.4 is 0 Å². The molecule has 0 atom stereocenters. The van der Waals surface area contributed by atoms with E-state index in [9.17, 15) is 4.79 Å². The highest BCUT2D eigenvalue weighted by molar-refractivity contribution is 7.09. The Morgan fingerprint density at radius 2 is 2.05 bits per heavy atom. The molecule has 1 aromatic heterocycles. The number of hydrogen-bond acceptors (Lipinski definition) is 4. The first-order valence-electron chi connectivity index (χ1n) is 7.02. The lowest BCUT2D eigenvalue weighted by Crippen LogP contribution is -2.24. The Hall–Kier alpha value is -1.72. The van der Waals surface area contributed by atoms with Crippen LogP contribution in [-0.4, -0.2) is 27.5 Å². The van der Waals surface area contributed by atoms with Gasteiger partial charge in [-0.25, -0.2) is 4.98 Å². The molecule has 1 heterocycles. The highest BCUT2D eigenvalue weighted by atomic mass is 32.1. The van der Waals surface area contributed by atoms with Gasteiger partial charge in [0.05, 0.1) is 11.2 Å². The molecule has 21 heavy (non-hydrogen) atoms. The Morgan fingerprint density at radius 3 is 2.67 bits per heavy atom. The Labute approximate surface area is 129 Å². The zero-order chi connectivity index (χ0) is 15.1. The summed E-state index contributed by atoms with van der Waals surface area (Å²) in [7, 11) is 0. The number of carbonyl (C=O) groups is 1. The van der Waals surface area contributed by atoms with Crippen molar-refractivity contribution in [2.24, 2.45) is 0 Å². The van der Waals surface area contributed by atoms with Crippen LogP contribution in [0.4, 0.5) is 0 Å². The molecule has 0 saturated heterocycles. The van der Waals surface area contributed by atoms with Gasteiger partial charge in [0.15, 0.2) is 0 Å². The van der Waals surface area contributed by atoms with E-state index in [0.717, 1.165) is 25.3 Å². The van der Waals surface area contributed by atoms with E-state index in [0.29, 0.717) is 6.42 Å². The fourth-order valence-corrected chi connectivity index (χ4v) is 3.01. The summed E-state index contributed by atoms with van der Waals surface area (Å²) in [5, 5.41) is 8.79. The second-order valence-corrected chi connectivity index (χ2v) is 5.99. The van der Waals surface area contributed by atoms with Gasteiger partial charge in [-0.3, -0.25) is 9.69 Å². The highest BCUT2D eigenvalue weighted by Gasteiger charge is 2.11. The third-order valence-electron chi connectivity index (χ3n) is 3.33. The maximum atomic E-state index is 10.7. The fourth-order valence-electron chi connectivity index (χ4n) is 2.19. The molecule has 5 heteroatoms. The zero-order valence-electron chi connectivity index (χ0n) is 12.2. The van der Waals surface area contributed by atoms with Crippen LogP contribution in [0, 0.1) is 6.92 Å². The van der Waals surface area contributed by atoms with Crippen LogP contribution in [0.2, 0.25) is 0 Å². The van der Waals surface area contributed by atoms with Gasteiger partial charge in [0, 0.05) is 24.4 Å². The van der Waals surface area contributed by atoms with Crippen molar-refractivity contribution in [1.29, 1.82) is 0 Å². The van der Waals surface area contributed by atoms with Gasteiger partial charge in [-0.15, -0.1) is 11.3 Å². The Balaban J connectivity index is 1.99. The minimum Gasteiger partial charge on any atom is -0.481 e. The summed E-state index contributed by atoms with van der Waals surface area (Å²) >= 11 is 1.66. The molecule has 0 fully saturated rings. The third kappa shape index (κ3) is 5.28. The number of thiazole rings is 1. The van der Waals surface area contributed by atoms with E-state index >= 15 is 0 Å². The molecule has 1 N–H and O–H groups in total. The summed E-state index contributed by atoms with van der Waals surface area (Å²) < 4.78 is 0. The number of aryl methyl sites for hydroxylation is 1. The summed E-state index contributed by atoms with van der Waals surface area (Å²) in [5.41, 5.74) is 4.18. The zero-order valence-corrected chi connectivity index (χ0v) is 13.0. The third-order valence-corrected chi connectivity index (χ3v) is 4.25. The largest absolute Gasteiger partial charge is 0.481 e. The van der Waals surface area contributed by atoms with Gasteiger partial charge in [0.1, 0.15) is 0 Å². The van der Waals surface area contributed by atoms with Crippen molar-refractivity contribution in [2.75, 3.05) is 6.54 Å². The average Bonchev–Trinajstić information content (AvgIpc) is 2.85. The molecule has 0 aliphatic heterocycles. The number of rotatable bonds is 8. The number of aromatic nitrogens is 1. The fraction of sp³-hybridized carbons (Fsp3) is 0.375. The number of aliphatic carboxylic acids is 1. The van der Waals surface area contributed by atoms with Crippen molar-refractivity contribution in [3.05, 3.63) is 52.0 Å². The molecule has 0 unspecified atom stereocenters. The minimum atomic E-state index is -0.733. The number of carboxylic acids is 1. The molecule has 0 amide bonds. The van der Waals surface area contributed by atoms with E-state index in [4.69, 9.17) is 5.11 Å². The first-order valence-corrected chi connectivity index (χ1v) is 7.90. The second-order valence-electron chi connectivity index (χ2n) is 5.05. The van der Waals surface area contributed by atoms with Crippen molar-refractivity contribution in [2.45, 2.75) is 32.9 Å². The van der Waals surface area contributed by atoms with Gasteiger partial charge in [-0.1, -0.05) is 30.3 Å². The van der Waals surface area contributed by atoms with Gasteiger partial charge >= 0.3 is 5.97 Å². The van der Waals surface area contributed by atoms with Crippen LogP contribution >= 0.6 is 11.3 Å². The Kier molecular flexibility index (Phi) is 5.90. The summed E-state index contributed by atoms with van der Waals surface area (Å²) in [6.45, 7) is 4.45. The van der Waals surface area contributed by atoms with Crippen LogP contribution in [0.3, 0.4) is 0 Å². The van der Waals surface area contributed by atoms with E-state index in [1.54, 1.807) is 11.3 Å². The molecular formula is C16H20N2O2S. The summed E-state index contributed by atoms with van der Waals surface area (Å²) in [5.74, 6) is -0.733. The van der Waals surface area contributed by atoms with Crippen LogP contribution in [0.1, 0.15) is 29.0 Å². The first-order chi connectivity index (χ1) is 10.1. The predicted octanol–water partition coefficient (Wildman–Crippen LogP) is 3.32. The Morgan fingerprint density at radius 1 is 1.29 bits per heavy atom. The van der Waals surface area contributed by atoms with Crippen molar-refractivity contribution in [3.63, 3.8) is 0 Å². The molecule has 1 aromatic carbocycles. The van der Waals surface area contributed by atoms with Crippen molar-refractivity contribution in [3.8, 4) is 0 Å². The smallest absolute Gasteiger partial charge is 0.303 e. The maximum Gasteiger partial charge on any atom is 0.303 e. The lowest BCUT2D eigenvalue weighted by Gasteiger charge is -2.21. The summed E-state index contributed by atoms with van der Waals surface area (Å²) in [4.78, 5) is 18.5. The van der Waals surface area contributed by atoms with Crippen molar-refractivity contribution in [1.82, 2.24) is 9.88 Å². The quantitative estimate of drug-likeness (QED) is 0.813. The second kappa shape index (κ2) is 7.90. The molecule has 0 spiro atoms. The molecule has 112 valence electrons. The molecule has 0 saturated carbocycles. The molecular weight excluding hydrogens is 284 g/mol. The van der Waals surface area contributed by atoms with E-state index in [-0.39, 0.29) is 6.42 Å². The topological polar surface area (TPSA) is 53.4 Å². The number of nitrogens with zero attached hydrogens (tertiary/aromatic N) is 2. The normalized spacial score (nSPS) is 11.0. The molecule has 2 rings (SSSR count). The maximum absolute atomic E-state index is 10.7. The SMILES string of the molecule is Cc1ncsc1CN(CCCC(=O)O)Cc1ccccc1. The molecule has 0 aliphatic carbocycles. The monoisotopic (exact) mass is 304 g/mol. The molecule has 0 radical (unpaired) electrons. The van der Waals surface area contributed by atoms with Gasteiger partial charge in [0.2, 0.25) is 0 Å². The highest BCUT2D eigenvalue weighted by Crippen LogP contribution is 2.17. The number of carboxylic acid groups (broad SMARTS) is 1. The van der Waals surface area contributed by atoms with E-state index in [1.165, 1.54) is 10.4 Å². The van der Waals surface area contributed by atoms with Crippen LogP contribution in [-0.2, 0) is 17.9 Å². The standard InChI is InChI=1S/C16H20N2O2S/c1-13-15(21-12-17-13)11-18(9-5-8-16(19)20)10-14-6-3-2-4-7-14/h2-4,6-7,12H,5,8-11H2,1H3,(H,19,20). The first kappa shape index (κ1) is 15.7. The Bertz CT molecular complexity index is 569. The van der Waals surface area contributed by atoms with E-state index in [1.807, 2.05) is 30.6 Å².